The molecule has 0 aromatic heterocycles. The van der Waals surface area contributed by atoms with Crippen LogP contribution in [-0.2, 0) is 26.0 Å². The van der Waals surface area contributed by atoms with Crippen LogP contribution in [0, 0.1) is 0 Å². The van der Waals surface area contributed by atoms with Crippen molar-refractivity contribution in [2.75, 3.05) is 30.5 Å². The molecule has 40 heavy (non-hydrogen) atoms. The Hall–Kier alpha value is -4.18. The molecule has 1 aliphatic rings. The van der Waals surface area contributed by atoms with Gasteiger partial charge < -0.3 is 9.64 Å². The van der Waals surface area contributed by atoms with Crippen LogP contribution in [0.15, 0.2) is 88.9 Å². The molecule has 0 spiro atoms. The van der Waals surface area contributed by atoms with Crippen LogP contribution in [0.5, 0.6) is 5.75 Å². The van der Waals surface area contributed by atoms with Crippen LogP contribution in [0.3, 0.4) is 0 Å². The van der Waals surface area contributed by atoms with Crippen LogP contribution in [0.1, 0.15) is 37.3 Å². The molecule has 0 unspecified atom stereocenters. The van der Waals surface area contributed by atoms with E-state index in [-0.39, 0.29) is 17.4 Å². The van der Waals surface area contributed by atoms with Gasteiger partial charge in [0.25, 0.3) is 21.8 Å². The fraction of sp³-hybridized carbons (Fsp3) is 0.300. The number of hydrogen-bond donors (Lipinski definition) is 1. The van der Waals surface area contributed by atoms with E-state index in [2.05, 4.69) is 10.5 Å². The molecule has 10 heteroatoms. The molecule has 0 aliphatic carbocycles. The number of anilines is 1. The van der Waals surface area contributed by atoms with Crippen LogP contribution in [0.4, 0.5) is 5.69 Å². The molecule has 1 aliphatic heterocycles. The highest BCUT2D eigenvalue weighted by atomic mass is 32.2. The lowest BCUT2D eigenvalue weighted by Gasteiger charge is -2.26. The summed E-state index contributed by atoms with van der Waals surface area (Å²) < 4.78 is 33.5. The number of piperidine rings is 1. The second-order valence-corrected chi connectivity index (χ2v) is 11.3. The summed E-state index contributed by atoms with van der Waals surface area (Å²) in [5, 5.41) is 3.99. The molecule has 0 saturated carbocycles. The lowest BCUT2D eigenvalue weighted by atomic mass is 10.1. The first-order valence-electron chi connectivity index (χ1n) is 13.4. The summed E-state index contributed by atoms with van der Waals surface area (Å²) in [6, 6.07) is 22.0. The van der Waals surface area contributed by atoms with Crippen LogP contribution < -0.4 is 14.5 Å². The van der Waals surface area contributed by atoms with E-state index in [0.717, 1.165) is 48.6 Å². The molecular formula is C30H34N4O5S. The fourth-order valence-corrected chi connectivity index (χ4v) is 5.75. The van der Waals surface area contributed by atoms with E-state index in [9.17, 15) is 18.0 Å². The average Bonchev–Trinajstić information content (AvgIpc) is 3.00. The van der Waals surface area contributed by atoms with Crippen molar-refractivity contribution < 1.29 is 22.7 Å². The summed E-state index contributed by atoms with van der Waals surface area (Å²) in [4.78, 5) is 27.0. The predicted octanol–water partition coefficient (Wildman–Crippen LogP) is 3.99. The van der Waals surface area contributed by atoms with Gasteiger partial charge in [-0.05, 0) is 85.3 Å². The molecule has 9 nitrogen and oxygen atoms in total. The summed E-state index contributed by atoms with van der Waals surface area (Å²) in [5.41, 5.74) is 4.54. The maximum atomic E-state index is 13.4. The second-order valence-electron chi connectivity index (χ2n) is 9.44. The number of amides is 2. The zero-order valence-electron chi connectivity index (χ0n) is 22.5. The van der Waals surface area contributed by atoms with E-state index >= 15 is 0 Å². The maximum Gasteiger partial charge on any atom is 0.264 e. The standard InChI is InChI=1S/C30H34N4O5S/c1-2-24-11-15-26(16-12-24)34(40(37,38)28-9-5-3-6-10-28)22-29(35)32-31-21-25-13-17-27(18-14-25)39-23-30(36)33-19-7-4-8-20-33/h3,5-6,9-18,21H,2,4,7-8,19-20,22-23H2,1H3,(H,32,35)/b31-21-. The normalized spacial score (nSPS) is 13.7. The van der Waals surface area contributed by atoms with Crippen LogP contribution >= 0.6 is 0 Å². The molecule has 2 amide bonds. The molecule has 1 fully saturated rings. The minimum Gasteiger partial charge on any atom is -0.484 e. The lowest BCUT2D eigenvalue weighted by molar-refractivity contribution is -0.134. The third-order valence-corrected chi connectivity index (χ3v) is 8.39. The minimum atomic E-state index is -3.99. The lowest BCUT2D eigenvalue weighted by Crippen LogP contribution is -2.39. The van der Waals surface area contributed by atoms with E-state index in [1.165, 1.54) is 18.3 Å². The van der Waals surface area contributed by atoms with Gasteiger partial charge in [0, 0.05) is 13.1 Å². The highest BCUT2D eigenvalue weighted by Gasteiger charge is 2.27. The number of nitrogens with zero attached hydrogens (tertiary/aromatic N) is 3. The number of hydrogen-bond acceptors (Lipinski definition) is 6. The van der Waals surface area contributed by atoms with Crippen molar-refractivity contribution in [3.8, 4) is 5.75 Å². The molecule has 210 valence electrons. The zero-order chi connectivity index (χ0) is 28.4. The first-order valence-corrected chi connectivity index (χ1v) is 14.8. The van der Waals surface area contributed by atoms with Gasteiger partial charge in [-0.25, -0.2) is 13.8 Å². The van der Waals surface area contributed by atoms with Gasteiger partial charge in [-0.2, -0.15) is 5.10 Å². The number of likely N-dealkylation sites (tertiary alicyclic amines) is 1. The topological polar surface area (TPSA) is 108 Å². The molecule has 1 heterocycles. The van der Waals surface area contributed by atoms with Gasteiger partial charge in [0.15, 0.2) is 6.61 Å². The number of aryl methyl sites for hydroxylation is 1. The highest BCUT2D eigenvalue weighted by molar-refractivity contribution is 7.92. The van der Waals surface area contributed by atoms with E-state index in [4.69, 9.17) is 4.74 Å². The quantitative estimate of drug-likeness (QED) is 0.281. The number of rotatable bonds is 11. The zero-order valence-corrected chi connectivity index (χ0v) is 23.3. The fourth-order valence-electron chi connectivity index (χ4n) is 4.31. The number of sulfonamides is 1. The van der Waals surface area contributed by atoms with Crippen molar-refractivity contribution in [1.29, 1.82) is 0 Å². The minimum absolute atomic E-state index is 0.00689. The Bertz CT molecular complexity index is 1400. The summed E-state index contributed by atoms with van der Waals surface area (Å²) in [6.07, 6.45) is 5.48. The van der Waals surface area contributed by atoms with E-state index in [1.54, 1.807) is 54.6 Å². The van der Waals surface area contributed by atoms with Crippen molar-refractivity contribution in [1.82, 2.24) is 10.3 Å². The van der Waals surface area contributed by atoms with Gasteiger partial charge in [0.1, 0.15) is 12.3 Å². The monoisotopic (exact) mass is 562 g/mol. The molecule has 3 aromatic carbocycles. The molecule has 1 N–H and O–H groups in total. The van der Waals surface area contributed by atoms with Crippen molar-refractivity contribution in [3.05, 3.63) is 90.0 Å². The van der Waals surface area contributed by atoms with E-state index in [0.29, 0.717) is 17.0 Å². The second kappa shape index (κ2) is 13.7. The molecule has 0 bridgehead atoms. The SMILES string of the molecule is CCc1ccc(N(CC(=O)N/N=C\c2ccc(OCC(=O)N3CCCCC3)cc2)S(=O)(=O)c2ccccc2)cc1. The number of benzene rings is 3. The van der Waals surface area contributed by atoms with Gasteiger partial charge in [0.2, 0.25) is 0 Å². The van der Waals surface area contributed by atoms with Crippen LogP contribution in [0.25, 0.3) is 0 Å². The van der Waals surface area contributed by atoms with Gasteiger partial charge in [0.05, 0.1) is 16.8 Å². The Morgan fingerprint density at radius 3 is 2.27 bits per heavy atom. The molecule has 1 saturated heterocycles. The molecule has 0 atom stereocenters. The number of carbonyl (C=O) groups excluding carboxylic acids is 2. The number of carbonyl (C=O) groups is 2. The summed E-state index contributed by atoms with van der Waals surface area (Å²) in [7, 11) is -3.99. The number of ether oxygens (including phenoxy) is 1. The Balaban J connectivity index is 1.36. The highest BCUT2D eigenvalue weighted by Crippen LogP contribution is 2.24. The Morgan fingerprint density at radius 1 is 0.950 bits per heavy atom. The van der Waals surface area contributed by atoms with Crippen molar-refractivity contribution in [2.45, 2.75) is 37.5 Å². The Morgan fingerprint density at radius 2 is 1.62 bits per heavy atom. The predicted molar refractivity (Wildman–Crippen MR) is 155 cm³/mol. The van der Waals surface area contributed by atoms with E-state index in [1.807, 2.05) is 24.0 Å². The summed E-state index contributed by atoms with van der Waals surface area (Å²) >= 11 is 0. The summed E-state index contributed by atoms with van der Waals surface area (Å²) in [6.45, 7) is 3.12. The molecular weight excluding hydrogens is 528 g/mol. The van der Waals surface area contributed by atoms with Crippen molar-refractivity contribution in [3.63, 3.8) is 0 Å². The Labute approximate surface area is 235 Å². The maximum absolute atomic E-state index is 13.4. The van der Waals surface area contributed by atoms with E-state index < -0.39 is 22.5 Å². The van der Waals surface area contributed by atoms with Crippen LogP contribution in [0.2, 0.25) is 0 Å². The van der Waals surface area contributed by atoms with Gasteiger partial charge >= 0.3 is 0 Å². The number of nitrogens with one attached hydrogen (secondary N) is 1. The molecule has 4 rings (SSSR count). The third-order valence-electron chi connectivity index (χ3n) is 6.61. The molecule has 0 radical (unpaired) electrons. The van der Waals surface area contributed by atoms with Crippen molar-refractivity contribution in [2.24, 2.45) is 5.10 Å². The number of hydrazone groups is 1. The smallest absolute Gasteiger partial charge is 0.264 e. The Kier molecular flexibility index (Phi) is 9.91. The van der Waals surface area contributed by atoms with Gasteiger partial charge in [-0.3, -0.25) is 13.9 Å². The van der Waals surface area contributed by atoms with Gasteiger partial charge in [-0.1, -0.05) is 37.3 Å². The van der Waals surface area contributed by atoms with Crippen LogP contribution in [-0.4, -0.2) is 57.6 Å². The third kappa shape index (κ3) is 7.69. The first kappa shape index (κ1) is 28.8. The first-order chi connectivity index (χ1) is 19.4. The molecule has 3 aromatic rings. The van der Waals surface area contributed by atoms with Gasteiger partial charge in [-0.15, -0.1) is 0 Å². The van der Waals surface area contributed by atoms with Crippen molar-refractivity contribution >= 4 is 33.7 Å². The largest absolute Gasteiger partial charge is 0.484 e. The average molecular weight is 563 g/mol. The summed E-state index contributed by atoms with van der Waals surface area (Å²) in [5.74, 6) is -0.0495.